The molecule has 0 bridgehead atoms. The van der Waals surface area contributed by atoms with Crippen LogP contribution in [0.15, 0.2) is 36.9 Å². The highest BCUT2D eigenvalue weighted by molar-refractivity contribution is 5.33. The molecular formula is C15H20F3NO. The maximum absolute atomic E-state index is 12.0. The third kappa shape index (κ3) is 7.19. The summed E-state index contributed by atoms with van der Waals surface area (Å²) in [6.07, 6.45) is -2.43. The number of alkyl halides is 3. The van der Waals surface area contributed by atoms with Crippen LogP contribution in [-0.4, -0.2) is 19.3 Å². The molecule has 5 heteroatoms. The van der Waals surface area contributed by atoms with Crippen LogP contribution in [-0.2, 0) is 6.54 Å². The van der Waals surface area contributed by atoms with Crippen LogP contribution in [0.1, 0.15) is 24.8 Å². The van der Waals surface area contributed by atoms with E-state index in [2.05, 4.69) is 11.9 Å². The van der Waals surface area contributed by atoms with Crippen molar-refractivity contribution in [3.8, 4) is 5.75 Å². The van der Waals surface area contributed by atoms with Gasteiger partial charge in [0.05, 0.1) is 0 Å². The Bertz CT molecular complexity index is 404. The van der Waals surface area contributed by atoms with Crippen molar-refractivity contribution in [3.05, 3.63) is 42.5 Å². The Morgan fingerprint density at radius 3 is 2.65 bits per heavy atom. The summed E-state index contributed by atoms with van der Waals surface area (Å²) in [5.41, 5.74) is 0.991. The Labute approximate surface area is 117 Å². The van der Waals surface area contributed by atoms with Crippen molar-refractivity contribution >= 4 is 0 Å². The molecule has 0 aliphatic rings. The second-order valence-corrected chi connectivity index (χ2v) is 4.46. The van der Waals surface area contributed by atoms with Gasteiger partial charge in [-0.3, -0.25) is 0 Å². The Morgan fingerprint density at radius 1 is 1.20 bits per heavy atom. The fourth-order valence-corrected chi connectivity index (χ4v) is 1.74. The van der Waals surface area contributed by atoms with E-state index in [9.17, 15) is 13.2 Å². The first kappa shape index (κ1) is 16.6. The van der Waals surface area contributed by atoms with E-state index in [1.54, 1.807) is 6.08 Å². The zero-order valence-corrected chi connectivity index (χ0v) is 11.4. The maximum Gasteiger partial charge on any atom is 0.389 e. The summed E-state index contributed by atoms with van der Waals surface area (Å²) in [6, 6.07) is 7.58. The summed E-state index contributed by atoms with van der Waals surface area (Å²) < 4.78 is 41.4. The van der Waals surface area contributed by atoms with Crippen molar-refractivity contribution in [2.45, 2.75) is 32.0 Å². The summed E-state index contributed by atoms with van der Waals surface area (Å²) in [5, 5.41) is 3.13. The van der Waals surface area contributed by atoms with Gasteiger partial charge in [0.2, 0.25) is 0 Å². The topological polar surface area (TPSA) is 21.3 Å². The lowest BCUT2D eigenvalue weighted by atomic mass is 10.2. The third-order valence-electron chi connectivity index (χ3n) is 2.71. The molecule has 0 radical (unpaired) electrons. The molecule has 0 aliphatic carbocycles. The van der Waals surface area contributed by atoms with Gasteiger partial charge in [0.1, 0.15) is 12.4 Å². The number of rotatable bonds is 9. The quantitative estimate of drug-likeness (QED) is 0.546. The normalized spacial score (nSPS) is 11.3. The van der Waals surface area contributed by atoms with E-state index in [1.165, 1.54) is 0 Å². The minimum absolute atomic E-state index is 0.158. The molecule has 0 spiro atoms. The smallest absolute Gasteiger partial charge is 0.389 e. The van der Waals surface area contributed by atoms with Gasteiger partial charge in [-0.2, -0.15) is 13.2 Å². The van der Waals surface area contributed by atoms with E-state index in [4.69, 9.17) is 4.74 Å². The molecule has 0 unspecified atom stereocenters. The van der Waals surface area contributed by atoms with Crippen LogP contribution in [0.5, 0.6) is 5.75 Å². The molecule has 1 rings (SSSR count). The monoisotopic (exact) mass is 287 g/mol. The molecule has 0 saturated carbocycles. The molecule has 1 aromatic carbocycles. The molecule has 0 aromatic heterocycles. The van der Waals surface area contributed by atoms with E-state index in [0.717, 1.165) is 11.3 Å². The molecule has 0 atom stereocenters. The molecule has 0 heterocycles. The van der Waals surface area contributed by atoms with Gasteiger partial charge in [-0.05, 0) is 25.5 Å². The van der Waals surface area contributed by atoms with Gasteiger partial charge in [0.25, 0.3) is 0 Å². The number of unbranched alkanes of at least 4 members (excludes halogenated alkanes) is 1. The fourth-order valence-electron chi connectivity index (χ4n) is 1.74. The highest BCUT2D eigenvalue weighted by Crippen LogP contribution is 2.22. The van der Waals surface area contributed by atoms with Gasteiger partial charge in [0, 0.05) is 18.5 Å². The van der Waals surface area contributed by atoms with Crippen molar-refractivity contribution in [1.29, 1.82) is 0 Å². The third-order valence-corrected chi connectivity index (χ3v) is 2.71. The maximum atomic E-state index is 12.0. The average Bonchev–Trinajstić information content (AvgIpc) is 2.40. The van der Waals surface area contributed by atoms with E-state index >= 15 is 0 Å². The second-order valence-electron chi connectivity index (χ2n) is 4.46. The van der Waals surface area contributed by atoms with Gasteiger partial charge in [0.15, 0.2) is 0 Å². The number of hydrogen-bond acceptors (Lipinski definition) is 2. The largest absolute Gasteiger partial charge is 0.489 e. The van der Waals surface area contributed by atoms with Crippen molar-refractivity contribution < 1.29 is 17.9 Å². The summed E-state index contributed by atoms with van der Waals surface area (Å²) in [5.74, 6) is 0.773. The Balaban J connectivity index is 2.26. The standard InChI is InChI=1S/C15H20F3NO/c1-2-11-20-14-8-4-3-7-13(14)12-19-10-6-5-9-15(16,17)18/h2-4,7-8,19H,1,5-6,9-12H2. The zero-order valence-electron chi connectivity index (χ0n) is 11.4. The second kappa shape index (κ2) is 8.64. The van der Waals surface area contributed by atoms with Crippen LogP contribution in [0.2, 0.25) is 0 Å². The lowest BCUT2D eigenvalue weighted by molar-refractivity contribution is -0.135. The van der Waals surface area contributed by atoms with Gasteiger partial charge < -0.3 is 10.1 Å². The molecule has 1 N–H and O–H groups in total. The summed E-state index contributed by atoms with van der Waals surface area (Å²) >= 11 is 0. The van der Waals surface area contributed by atoms with E-state index in [1.807, 2.05) is 24.3 Å². The number of ether oxygens (including phenoxy) is 1. The van der Waals surface area contributed by atoms with Gasteiger partial charge in [-0.1, -0.05) is 30.9 Å². The SMILES string of the molecule is C=CCOc1ccccc1CNCCCCC(F)(F)F. The van der Waals surface area contributed by atoms with Crippen molar-refractivity contribution in [1.82, 2.24) is 5.32 Å². The van der Waals surface area contributed by atoms with Crippen molar-refractivity contribution in [2.24, 2.45) is 0 Å². The molecular weight excluding hydrogens is 267 g/mol. The predicted octanol–water partition coefficient (Wildman–Crippen LogP) is 4.07. The van der Waals surface area contributed by atoms with Gasteiger partial charge >= 0.3 is 6.18 Å². The zero-order chi connectivity index (χ0) is 14.8. The molecule has 1 aromatic rings. The minimum atomic E-state index is -4.05. The first-order valence-corrected chi connectivity index (χ1v) is 6.62. The Hall–Kier alpha value is -1.49. The van der Waals surface area contributed by atoms with E-state index < -0.39 is 12.6 Å². The molecule has 0 aliphatic heterocycles. The number of para-hydroxylation sites is 1. The Kier molecular flexibility index (Phi) is 7.15. The number of nitrogens with one attached hydrogen (secondary N) is 1. The summed E-state index contributed by atoms with van der Waals surface area (Å²) in [6.45, 7) is 5.17. The summed E-state index contributed by atoms with van der Waals surface area (Å²) in [7, 11) is 0. The average molecular weight is 287 g/mol. The lowest BCUT2D eigenvalue weighted by Crippen LogP contribution is -2.16. The van der Waals surface area contributed by atoms with Crippen LogP contribution >= 0.6 is 0 Å². The van der Waals surface area contributed by atoms with Gasteiger partial charge in [-0.25, -0.2) is 0 Å². The minimum Gasteiger partial charge on any atom is -0.489 e. The van der Waals surface area contributed by atoms with Crippen LogP contribution in [0.3, 0.4) is 0 Å². The fraction of sp³-hybridized carbons (Fsp3) is 0.467. The predicted molar refractivity (Wildman–Crippen MR) is 73.7 cm³/mol. The molecule has 0 amide bonds. The van der Waals surface area contributed by atoms with Crippen LogP contribution in [0.4, 0.5) is 13.2 Å². The molecule has 2 nitrogen and oxygen atoms in total. The molecule has 20 heavy (non-hydrogen) atoms. The highest BCUT2D eigenvalue weighted by Gasteiger charge is 2.25. The van der Waals surface area contributed by atoms with Crippen LogP contribution in [0, 0.1) is 0 Å². The van der Waals surface area contributed by atoms with Gasteiger partial charge in [-0.15, -0.1) is 0 Å². The number of benzene rings is 1. The molecule has 112 valence electrons. The first-order valence-electron chi connectivity index (χ1n) is 6.62. The van der Waals surface area contributed by atoms with Crippen molar-refractivity contribution in [2.75, 3.05) is 13.2 Å². The number of halogens is 3. The van der Waals surface area contributed by atoms with Crippen LogP contribution < -0.4 is 10.1 Å². The summed E-state index contributed by atoms with van der Waals surface area (Å²) in [4.78, 5) is 0. The van der Waals surface area contributed by atoms with E-state index in [-0.39, 0.29) is 6.42 Å². The molecule has 0 fully saturated rings. The van der Waals surface area contributed by atoms with E-state index in [0.29, 0.717) is 26.1 Å². The number of hydrogen-bond donors (Lipinski definition) is 1. The first-order chi connectivity index (χ1) is 9.53. The highest BCUT2D eigenvalue weighted by atomic mass is 19.4. The van der Waals surface area contributed by atoms with Crippen LogP contribution in [0.25, 0.3) is 0 Å². The van der Waals surface area contributed by atoms with Crippen molar-refractivity contribution in [3.63, 3.8) is 0 Å². The Morgan fingerprint density at radius 2 is 1.95 bits per heavy atom. The lowest BCUT2D eigenvalue weighted by Gasteiger charge is -2.11. The molecule has 0 saturated heterocycles.